The van der Waals surface area contributed by atoms with Crippen molar-refractivity contribution in [3.05, 3.63) is 116 Å². The summed E-state index contributed by atoms with van der Waals surface area (Å²) in [7, 11) is 0. The molecule has 0 aliphatic carbocycles. The number of nitrogens with one attached hydrogen (secondary N) is 2. The van der Waals surface area contributed by atoms with E-state index in [-0.39, 0.29) is 10.6 Å². The highest BCUT2D eigenvalue weighted by Gasteiger charge is 2.16. The van der Waals surface area contributed by atoms with Gasteiger partial charge in [-0.3, -0.25) is 10.1 Å². The number of nitrogens with zero attached hydrogens (tertiary/aromatic N) is 1. The summed E-state index contributed by atoms with van der Waals surface area (Å²) < 4.78 is 0. The number of nitro groups is 1. The van der Waals surface area contributed by atoms with E-state index in [0.29, 0.717) is 4.88 Å². The second-order valence-electron chi connectivity index (χ2n) is 8.54. The van der Waals surface area contributed by atoms with Crippen LogP contribution in [-0.4, -0.2) is 14.9 Å². The van der Waals surface area contributed by atoms with Crippen LogP contribution >= 0.6 is 45.3 Å². The number of aromatic amines is 2. The zero-order valence-corrected chi connectivity index (χ0v) is 23.6. The fourth-order valence-corrected chi connectivity index (χ4v) is 6.97. The van der Waals surface area contributed by atoms with Crippen LogP contribution < -0.4 is 0 Å². The van der Waals surface area contributed by atoms with Gasteiger partial charge in [0.2, 0.25) is 0 Å². The molecule has 0 aromatic carbocycles. The Hall–Kier alpha value is -4.02. The normalized spacial score (nSPS) is 12.4. The van der Waals surface area contributed by atoms with Gasteiger partial charge in [-0.05, 0) is 95.8 Å². The average Bonchev–Trinajstić information content (AvgIpc) is 3.75. The Kier molecular flexibility index (Phi) is 7.38. The minimum Gasteiger partial charge on any atom is -0.354 e. The van der Waals surface area contributed by atoms with Gasteiger partial charge in [-0.15, -0.1) is 45.3 Å². The SMILES string of the molecule is O=[N+]([O-])c1cc(/C=C/c2cc3[nH]c(/C=C/c4ccc(/C=C/c5cccs5)s4)cc3[nH]2)sc1/C=C/c1cccs1. The minimum absolute atomic E-state index is 0.124. The first-order valence-electron chi connectivity index (χ1n) is 12.0. The van der Waals surface area contributed by atoms with Gasteiger partial charge in [0.25, 0.3) is 5.69 Å². The molecule has 0 spiro atoms. The number of hydrogen-bond donors (Lipinski definition) is 2. The molecule has 6 heterocycles. The summed E-state index contributed by atoms with van der Waals surface area (Å²) >= 11 is 6.49. The molecule has 0 bridgehead atoms. The first-order valence-corrected chi connectivity index (χ1v) is 15.4. The molecule has 192 valence electrons. The monoisotopic (exact) mass is 583 g/mol. The minimum atomic E-state index is -0.326. The van der Waals surface area contributed by atoms with E-state index in [9.17, 15) is 10.1 Å². The van der Waals surface area contributed by atoms with E-state index in [2.05, 4.69) is 70.0 Å². The Morgan fingerprint density at radius 1 is 0.615 bits per heavy atom. The Bertz CT molecular complexity index is 1810. The van der Waals surface area contributed by atoms with E-state index in [4.69, 9.17) is 0 Å². The van der Waals surface area contributed by atoms with Crippen molar-refractivity contribution in [1.29, 1.82) is 0 Å². The molecule has 6 aromatic rings. The lowest BCUT2D eigenvalue weighted by Gasteiger charge is -1.88. The van der Waals surface area contributed by atoms with E-state index in [1.807, 2.05) is 47.9 Å². The molecule has 0 radical (unpaired) electrons. The van der Waals surface area contributed by atoms with E-state index in [1.165, 1.54) is 26.0 Å². The second kappa shape index (κ2) is 11.4. The highest BCUT2D eigenvalue weighted by molar-refractivity contribution is 7.14. The third kappa shape index (κ3) is 6.18. The van der Waals surface area contributed by atoms with Crippen molar-refractivity contribution in [1.82, 2.24) is 9.97 Å². The summed E-state index contributed by atoms with van der Waals surface area (Å²) in [6.07, 6.45) is 16.1. The molecule has 9 heteroatoms. The van der Waals surface area contributed by atoms with Gasteiger partial charge in [0.15, 0.2) is 0 Å². The van der Waals surface area contributed by atoms with Gasteiger partial charge < -0.3 is 9.97 Å². The summed E-state index contributed by atoms with van der Waals surface area (Å²) in [6.45, 7) is 0. The highest BCUT2D eigenvalue weighted by atomic mass is 32.1. The average molecular weight is 584 g/mol. The predicted molar refractivity (Wildman–Crippen MR) is 172 cm³/mol. The van der Waals surface area contributed by atoms with E-state index < -0.39 is 0 Å². The van der Waals surface area contributed by atoms with Crippen molar-refractivity contribution >= 4 is 111 Å². The quantitative estimate of drug-likeness (QED) is 0.131. The number of thiophene rings is 4. The Morgan fingerprint density at radius 3 is 1.72 bits per heavy atom. The van der Waals surface area contributed by atoms with Crippen LogP contribution in [0.5, 0.6) is 0 Å². The Labute approximate surface area is 240 Å². The maximum atomic E-state index is 11.5. The molecule has 0 aliphatic rings. The van der Waals surface area contributed by atoms with Crippen molar-refractivity contribution in [2.45, 2.75) is 0 Å². The Balaban J connectivity index is 1.13. The fraction of sp³-hybridized carbons (Fsp3) is 0. The first kappa shape index (κ1) is 25.3. The zero-order valence-electron chi connectivity index (χ0n) is 20.4. The molecule has 0 aliphatic heterocycles. The standard InChI is InChI=1S/C30H21N3O2S4/c34-33(35)29-19-26(39-30(29)14-13-23-4-2-16-37-23)8-6-21-18-28-27(32-21)17-20(31-28)5-7-24-11-12-25(38-24)10-9-22-3-1-15-36-22/h1-19,31-32H/b7-5+,8-6+,10-9+,14-13+. The largest absolute Gasteiger partial charge is 0.354 e. The molecule has 0 saturated carbocycles. The summed E-state index contributed by atoms with van der Waals surface area (Å²) in [5.74, 6) is 0. The van der Waals surface area contributed by atoms with Crippen molar-refractivity contribution in [2.75, 3.05) is 0 Å². The van der Waals surface area contributed by atoms with E-state index in [0.717, 1.165) is 32.2 Å². The molecule has 6 rings (SSSR count). The smallest absolute Gasteiger partial charge is 0.287 e. The van der Waals surface area contributed by atoms with E-state index >= 15 is 0 Å². The summed E-state index contributed by atoms with van der Waals surface area (Å²) in [5, 5.41) is 15.6. The molecule has 0 amide bonds. The zero-order chi connectivity index (χ0) is 26.6. The van der Waals surface area contributed by atoms with Crippen LogP contribution in [0, 0.1) is 10.1 Å². The molecule has 0 atom stereocenters. The third-order valence-corrected chi connectivity index (χ3v) is 9.55. The molecule has 0 fully saturated rings. The number of hydrogen-bond acceptors (Lipinski definition) is 6. The lowest BCUT2D eigenvalue weighted by atomic mass is 10.3. The van der Waals surface area contributed by atoms with Crippen molar-refractivity contribution in [2.24, 2.45) is 0 Å². The summed E-state index contributed by atoms with van der Waals surface area (Å²) in [4.78, 5) is 24.3. The van der Waals surface area contributed by atoms with Crippen LogP contribution in [0.25, 0.3) is 59.6 Å². The second-order valence-corrected chi connectivity index (χ2v) is 12.8. The molecular weight excluding hydrogens is 563 g/mol. The van der Waals surface area contributed by atoms with Crippen molar-refractivity contribution in [3.8, 4) is 0 Å². The third-order valence-electron chi connectivity index (χ3n) is 5.80. The number of H-pyrrole nitrogens is 2. The maximum absolute atomic E-state index is 11.5. The molecule has 0 unspecified atom stereocenters. The van der Waals surface area contributed by atoms with Crippen LogP contribution in [-0.2, 0) is 0 Å². The van der Waals surface area contributed by atoms with Gasteiger partial charge in [-0.25, -0.2) is 0 Å². The van der Waals surface area contributed by atoms with Crippen LogP contribution in [0.3, 0.4) is 0 Å². The van der Waals surface area contributed by atoms with Crippen molar-refractivity contribution < 1.29 is 4.92 Å². The molecule has 2 N–H and O–H groups in total. The molecule has 6 aromatic heterocycles. The maximum Gasteiger partial charge on any atom is 0.287 e. The highest BCUT2D eigenvalue weighted by Crippen LogP contribution is 2.33. The van der Waals surface area contributed by atoms with Gasteiger partial charge in [-0.1, -0.05) is 12.1 Å². The van der Waals surface area contributed by atoms with E-state index in [1.54, 1.807) is 40.1 Å². The first-order chi connectivity index (χ1) is 19.1. The lowest BCUT2D eigenvalue weighted by molar-refractivity contribution is -0.384. The topological polar surface area (TPSA) is 74.7 Å². The lowest BCUT2D eigenvalue weighted by Crippen LogP contribution is -1.86. The molecular formula is C30H21N3O2S4. The summed E-state index contributed by atoms with van der Waals surface area (Å²) in [5.41, 5.74) is 4.10. The van der Waals surface area contributed by atoms with Crippen LogP contribution in [0.1, 0.15) is 40.7 Å². The van der Waals surface area contributed by atoms with Crippen molar-refractivity contribution in [3.63, 3.8) is 0 Å². The van der Waals surface area contributed by atoms with Gasteiger partial charge in [-0.2, -0.15) is 0 Å². The van der Waals surface area contributed by atoms with Crippen LogP contribution in [0.15, 0.2) is 65.4 Å². The fourth-order valence-electron chi connectivity index (χ4n) is 3.98. The van der Waals surface area contributed by atoms with Gasteiger partial charge in [0, 0.05) is 41.8 Å². The molecule has 39 heavy (non-hydrogen) atoms. The van der Waals surface area contributed by atoms with Gasteiger partial charge in [0.1, 0.15) is 4.88 Å². The number of rotatable bonds is 9. The molecule has 5 nitrogen and oxygen atoms in total. The van der Waals surface area contributed by atoms with Crippen LogP contribution in [0.2, 0.25) is 0 Å². The number of fused-ring (bicyclic) bond motifs is 1. The van der Waals surface area contributed by atoms with Gasteiger partial charge in [0.05, 0.1) is 16.0 Å². The molecule has 0 saturated heterocycles. The number of aromatic nitrogens is 2. The summed E-state index contributed by atoms with van der Waals surface area (Å²) in [6, 6.07) is 18.1. The Morgan fingerprint density at radius 2 is 1.15 bits per heavy atom. The van der Waals surface area contributed by atoms with Crippen LogP contribution in [0.4, 0.5) is 5.69 Å². The predicted octanol–water partition coefficient (Wildman–Crippen LogP) is 10.3. The van der Waals surface area contributed by atoms with Gasteiger partial charge >= 0.3 is 0 Å².